The van der Waals surface area contributed by atoms with Crippen LogP contribution >= 0.6 is 0 Å². The minimum absolute atomic E-state index is 0.331. The Morgan fingerprint density at radius 1 is 1.21 bits per heavy atom. The molecule has 0 spiro atoms. The van der Waals surface area contributed by atoms with Gasteiger partial charge in [0.1, 0.15) is 11.6 Å². The normalized spacial score (nSPS) is 10.9. The molecule has 0 amide bonds. The average molecular weight is 258 g/mol. The van der Waals surface area contributed by atoms with Crippen LogP contribution in [0.2, 0.25) is 0 Å². The van der Waals surface area contributed by atoms with Gasteiger partial charge in [-0.2, -0.15) is 5.10 Å². The molecule has 0 aliphatic carbocycles. The Morgan fingerprint density at radius 3 is 2.74 bits per heavy atom. The summed E-state index contributed by atoms with van der Waals surface area (Å²) < 4.78 is 15.6. The highest BCUT2D eigenvalue weighted by molar-refractivity contribution is 5.62. The Morgan fingerprint density at radius 2 is 2.05 bits per heavy atom. The van der Waals surface area contributed by atoms with E-state index in [1.165, 1.54) is 23.0 Å². The van der Waals surface area contributed by atoms with Crippen LogP contribution in [-0.2, 0) is 0 Å². The van der Waals surface area contributed by atoms with Crippen molar-refractivity contribution in [3.8, 4) is 11.3 Å². The second-order valence-corrected chi connectivity index (χ2v) is 4.23. The lowest BCUT2D eigenvalue weighted by atomic mass is 10.2. The van der Waals surface area contributed by atoms with Crippen LogP contribution in [0.3, 0.4) is 0 Å². The van der Waals surface area contributed by atoms with Crippen molar-refractivity contribution >= 4 is 11.6 Å². The molecular formula is C12H11FN6. The molecule has 0 atom stereocenters. The first-order chi connectivity index (χ1) is 9.15. The van der Waals surface area contributed by atoms with Crippen molar-refractivity contribution in [2.24, 2.45) is 0 Å². The maximum absolute atomic E-state index is 14.1. The number of anilines is 1. The van der Waals surface area contributed by atoms with Crippen LogP contribution in [0.5, 0.6) is 0 Å². The zero-order valence-corrected chi connectivity index (χ0v) is 10.4. The molecule has 3 aromatic heterocycles. The zero-order valence-electron chi connectivity index (χ0n) is 10.4. The van der Waals surface area contributed by atoms with Crippen molar-refractivity contribution in [1.82, 2.24) is 24.6 Å². The Labute approximate surface area is 108 Å². The summed E-state index contributed by atoms with van der Waals surface area (Å²) in [5, 5.41) is 4.04. The zero-order chi connectivity index (χ0) is 13.4. The highest BCUT2D eigenvalue weighted by Gasteiger charge is 2.12. The molecule has 0 aliphatic heterocycles. The average Bonchev–Trinajstić information content (AvgIpc) is 2.81. The van der Waals surface area contributed by atoms with Gasteiger partial charge in [0, 0.05) is 26.4 Å². The molecule has 7 heteroatoms. The summed E-state index contributed by atoms with van der Waals surface area (Å²) in [4.78, 5) is 14.2. The lowest BCUT2D eigenvalue weighted by Crippen LogP contribution is -2.10. The van der Waals surface area contributed by atoms with E-state index in [4.69, 9.17) is 0 Å². The molecule has 0 radical (unpaired) electrons. The van der Waals surface area contributed by atoms with E-state index in [9.17, 15) is 4.39 Å². The van der Waals surface area contributed by atoms with Gasteiger partial charge in [0.05, 0.1) is 29.8 Å². The number of hydrogen-bond acceptors (Lipinski definition) is 5. The van der Waals surface area contributed by atoms with E-state index in [-0.39, 0.29) is 5.82 Å². The Bertz CT molecular complexity index is 703. The van der Waals surface area contributed by atoms with Gasteiger partial charge in [0.2, 0.25) is 0 Å². The van der Waals surface area contributed by atoms with Crippen molar-refractivity contribution in [2.75, 3.05) is 19.0 Å². The second-order valence-electron chi connectivity index (χ2n) is 4.23. The fourth-order valence-corrected chi connectivity index (χ4v) is 1.72. The molecule has 0 fully saturated rings. The Hall–Kier alpha value is -2.57. The molecule has 19 heavy (non-hydrogen) atoms. The molecule has 0 bridgehead atoms. The highest BCUT2D eigenvalue weighted by atomic mass is 19.1. The predicted molar refractivity (Wildman–Crippen MR) is 68.3 cm³/mol. The molecule has 0 aromatic carbocycles. The number of hydrogen-bond donors (Lipinski definition) is 0. The lowest BCUT2D eigenvalue weighted by Gasteiger charge is -2.11. The van der Waals surface area contributed by atoms with E-state index in [1.807, 2.05) is 0 Å². The van der Waals surface area contributed by atoms with E-state index in [0.29, 0.717) is 22.9 Å². The number of imidazole rings is 1. The van der Waals surface area contributed by atoms with Crippen LogP contribution in [0.25, 0.3) is 17.0 Å². The first-order valence-corrected chi connectivity index (χ1v) is 5.65. The quantitative estimate of drug-likeness (QED) is 0.695. The predicted octanol–water partition coefficient (Wildman–Crippen LogP) is 1.39. The monoisotopic (exact) mass is 258 g/mol. The third-order valence-electron chi connectivity index (χ3n) is 2.69. The number of rotatable bonds is 2. The van der Waals surface area contributed by atoms with Gasteiger partial charge in [0.25, 0.3) is 5.78 Å². The van der Waals surface area contributed by atoms with Crippen LogP contribution in [-0.4, -0.2) is 38.7 Å². The topological polar surface area (TPSA) is 59.2 Å². The van der Waals surface area contributed by atoms with Gasteiger partial charge in [-0.25, -0.2) is 23.9 Å². The van der Waals surface area contributed by atoms with Gasteiger partial charge >= 0.3 is 0 Å². The van der Waals surface area contributed by atoms with Gasteiger partial charge in [-0.1, -0.05) is 0 Å². The number of fused-ring (bicyclic) bond motifs is 1. The fraction of sp³-hybridized carbons (Fsp3) is 0.167. The number of nitrogens with zero attached hydrogens (tertiary/aromatic N) is 6. The van der Waals surface area contributed by atoms with Crippen LogP contribution < -0.4 is 4.90 Å². The molecule has 96 valence electrons. The van der Waals surface area contributed by atoms with Gasteiger partial charge in [-0.3, -0.25) is 0 Å². The SMILES string of the molecule is CN(C)c1cc(F)c(-c2cn3nccnc3n2)cn1. The van der Waals surface area contributed by atoms with Gasteiger partial charge < -0.3 is 4.90 Å². The molecule has 0 unspecified atom stereocenters. The van der Waals surface area contributed by atoms with Crippen molar-refractivity contribution in [3.63, 3.8) is 0 Å². The Kier molecular flexibility index (Phi) is 2.59. The number of pyridine rings is 1. The lowest BCUT2D eigenvalue weighted by molar-refractivity contribution is 0.628. The van der Waals surface area contributed by atoms with E-state index >= 15 is 0 Å². The third-order valence-corrected chi connectivity index (χ3v) is 2.69. The summed E-state index contributed by atoms with van der Waals surface area (Å²) in [7, 11) is 3.61. The maximum Gasteiger partial charge on any atom is 0.251 e. The number of halogens is 1. The molecular weight excluding hydrogens is 247 g/mol. The van der Waals surface area contributed by atoms with Crippen molar-refractivity contribution in [3.05, 3.63) is 36.7 Å². The van der Waals surface area contributed by atoms with Gasteiger partial charge in [-0.15, -0.1) is 0 Å². The van der Waals surface area contributed by atoms with Gasteiger partial charge in [-0.05, 0) is 0 Å². The van der Waals surface area contributed by atoms with Crippen molar-refractivity contribution < 1.29 is 4.39 Å². The Balaban J connectivity index is 2.11. The summed E-state index contributed by atoms with van der Waals surface area (Å²) in [5.41, 5.74) is 0.791. The molecule has 0 N–H and O–H groups in total. The van der Waals surface area contributed by atoms with E-state index in [1.54, 1.807) is 31.4 Å². The third kappa shape index (κ3) is 1.99. The summed E-state index contributed by atoms with van der Waals surface area (Å²) in [6.45, 7) is 0. The minimum Gasteiger partial charge on any atom is -0.363 e. The van der Waals surface area contributed by atoms with E-state index < -0.39 is 0 Å². The van der Waals surface area contributed by atoms with Crippen molar-refractivity contribution in [2.45, 2.75) is 0 Å². The smallest absolute Gasteiger partial charge is 0.251 e. The molecule has 0 saturated heterocycles. The van der Waals surface area contributed by atoms with Crippen LogP contribution in [0.4, 0.5) is 10.2 Å². The fourth-order valence-electron chi connectivity index (χ4n) is 1.72. The molecule has 3 heterocycles. The van der Waals surface area contributed by atoms with Gasteiger partial charge in [0.15, 0.2) is 0 Å². The van der Waals surface area contributed by atoms with Crippen molar-refractivity contribution in [1.29, 1.82) is 0 Å². The maximum atomic E-state index is 14.1. The van der Waals surface area contributed by atoms with Crippen LogP contribution in [0.15, 0.2) is 30.9 Å². The summed E-state index contributed by atoms with van der Waals surface area (Å²) >= 11 is 0. The minimum atomic E-state index is -0.373. The second kappa shape index (κ2) is 4.27. The first-order valence-electron chi connectivity index (χ1n) is 5.65. The van der Waals surface area contributed by atoms with Crippen LogP contribution in [0, 0.1) is 5.82 Å². The number of aromatic nitrogens is 5. The molecule has 6 nitrogen and oxygen atoms in total. The molecule has 3 rings (SSSR count). The summed E-state index contributed by atoms with van der Waals surface area (Å²) in [6, 6.07) is 1.38. The molecule has 0 saturated carbocycles. The molecule has 0 aliphatic rings. The molecule has 3 aromatic rings. The standard InChI is InChI=1S/C12H11FN6/c1-18(2)11-5-9(13)8(6-15-11)10-7-19-12(17-10)14-3-4-16-19/h3-7H,1-2H3. The summed E-state index contributed by atoms with van der Waals surface area (Å²) in [5.74, 6) is 0.608. The summed E-state index contributed by atoms with van der Waals surface area (Å²) in [6.07, 6.45) is 6.17. The highest BCUT2D eigenvalue weighted by Crippen LogP contribution is 2.23. The van der Waals surface area contributed by atoms with Crippen LogP contribution in [0.1, 0.15) is 0 Å². The first kappa shape index (κ1) is 11.5. The van der Waals surface area contributed by atoms with E-state index in [2.05, 4.69) is 20.1 Å². The largest absolute Gasteiger partial charge is 0.363 e. The van der Waals surface area contributed by atoms with E-state index in [0.717, 1.165) is 0 Å².